The number of anilines is 1. The molecule has 0 radical (unpaired) electrons. The second-order valence-electron chi connectivity index (χ2n) is 9.95. The van der Waals surface area contributed by atoms with Gasteiger partial charge >= 0.3 is 5.97 Å². The molecular weight excluding hydrogens is 428 g/mol. The molecule has 2 N–H and O–H groups in total. The lowest BCUT2D eigenvalue weighted by molar-refractivity contribution is 0.0684. The van der Waals surface area contributed by atoms with Crippen molar-refractivity contribution in [2.45, 2.75) is 84.2 Å². The Balaban J connectivity index is 1.66. The van der Waals surface area contributed by atoms with Crippen LogP contribution < -0.4 is 5.32 Å². The smallest absolute Gasteiger partial charge is 0.374 e. The Bertz CT molecular complexity index is 1180. The van der Waals surface area contributed by atoms with E-state index in [4.69, 9.17) is 4.98 Å². The number of rotatable bonds is 8. The zero-order chi connectivity index (χ0) is 23.7. The summed E-state index contributed by atoms with van der Waals surface area (Å²) in [5, 5.41) is 13.2. The predicted octanol–water partition coefficient (Wildman–Crippen LogP) is 5.33. The molecule has 2 fully saturated rings. The van der Waals surface area contributed by atoms with Gasteiger partial charge in [0.25, 0.3) is 0 Å². The summed E-state index contributed by atoms with van der Waals surface area (Å²) in [6.45, 7) is 5.10. The van der Waals surface area contributed by atoms with E-state index in [2.05, 4.69) is 44.7 Å². The normalized spacial score (nSPS) is 18.1. The third-order valence-electron chi connectivity index (χ3n) is 7.64. The Morgan fingerprint density at radius 1 is 1.15 bits per heavy atom. The van der Waals surface area contributed by atoms with Crippen molar-refractivity contribution in [3.63, 3.8) is 0 Å². The molecule has 5 rings (SSSR count). The molecule has 8 heteroatoms. The number of nitrogens with one attached hydrogen (secondary N) is 1. The van der Waals surface area contributed by atoms with E-state index in [-0.39, 0.29) is 11.9 Å². The molecule has 0 amide bonds. The van der Waals surface area contributed by atoms with Gasteiger partial charge in [0.1, 0.15) is 11.2 Å². The van der Waals surface area contributed by atoms with E-state index < -0.39 is 5.97 Å². The minimum absolute atomic E-state index is 0.205. The van der Waals surface area contributed by atoms with Gasteiger partial charge in [-0.15, -0.1) is 0 Å². The molecule has 1 unspecified atom stereocenters. The molecule has 0 spiro atoms. The Kier molecular flexibility index (Phi) is 6.48. The highest BCUT2D eigenvalue weighted by Gasteiger charge is 2.28. The second kappa shape index (κ2) is 9.68. The summed E-state index contributed by atoms with van der Waals surface area (Å²) in [7, 11) is 0. The fourth-order valence-electron chi connectivity index (χ4n) is 5.32. The monoisotopic (exact) mass is 462 g/mol. The minimum atomic E-state index is -1.14. The minimum Gasteiger partial charge on any atom is -0.475 e. The average molecular weight is 463 g/mol. The number of pyridine rings is 1. The van der Waals surface area contributed by atoms with Gasteiger partial charge in [-0.1, -0.05) is 32.6 Å². The number of carboxylic acid groups (broad SMARTS) is 1. The number of imidazole rings is 1. The van der Waals surface area contributed by atoms with E-state index in [0.29, 0.717) is 23.3 Å². The predicted molar refractivity (Wildman–Crippen MR) is 132 cm³/mol. The molecule has 180 valence electrons. The van der Waals surface area contributed by atoms with Crippen molar-refractivity contribution < 1.29 is 9.90 Å². The van der Waals surface area contributed by atoms with Crippen molar-refractivity contribution in [3.8, 4) is 11.5 Å². The van der Waals surface area contributed by atoms with Crippen LogP contribution in [-0.2, 0) is 13.0 Å². The van der Waals surface area contributed by atoms with E-state index >= 15 is 0 Å². The molecule has 2 aliphatic carbocycles. The van der Waals surface area contributed by atoms with Gasteiger partial charge in [-0.2, -0.15) is 0 Å². The summed E-state index contributed by atoms with van der Waals surface area (Å²) < 4.78 is 2.20. The number of hydrogen-bond donors (Lipinski definition) is 2. The van der Waals surface area contributed by atoms with Crippen LogP contribution in [-0.4, -0.2) is 41.6 Å². The van der Waals surface area contributed by atoms with Crippen LogP contribution in [0.15, 0.2) is 18.3 Å². The van der Waals surface area contributed by atoms with Crippen molar-refractivity contribution in [1.82, 2.24) is 24.5 Å². The van der Waals surface area contributed by atoms with Crippen LogP contribution in [0.5, 0.6) is 0 Å². The van der Waals surface area contributed by atoms with Crippen LogP contribution in [0.25, 0.3) is 22.7 Å². The first kappa shape index (κ1) is 22.7. The summed E-state index contributed by atoms with van der Waals surface area (Å²) in [5.74, 6) is 1.08. The average Bonchev–Trinajstić information content (AvgIpc) is 3.17. The van der Waals surface area contributed by atoms with Crippen LogP contribution in [0.2, 0.25) is 0 Å². The number of aryl methyl sites for hydroxylation is 1. The van der Waals surface area contributed by atoms with Crippen molar-refractivity contribution in [3.05, 3.63) is 29.7 Å². The molecule has 1 atom stereocenters. The fraction of sp³-hybridized carbons (Fsp3) is 0.577. The van der Waals surface area contributed by atoms with Crippen molar-refractivity contribution >= 4 is 23.0 Å². The van der Waals surface area contributed by atoms with Crippen LogP contribution in [0.1, 0.15) is 81.4 Å². The maximum absolute atomic E-state index is 11.8. The van der Waals surface area contributed by atoms with E-state index in [1.807, 2.05) is 12.3 Å². The van der Waals surface area contributed by atoms with Gasteiger partial charge in [-0.25, -0.2) is 19.7 Å². The number of aromatic carboxylic acids is 1. The SMILES string of the molecule is CCc1ccnc(-c2nc3nc(C(=O)O)nc(NC(C)C4CCC4)c3n2CC2CCCCC2)c1. The zero-order valence-electron chi connectivity index (χ0n) is 20.1. The highest BCUT2D eigenvalue weighted by Crippen LogP contribution is 2.35. The molecule has 0 bridgehead atoms. The van der Waals surface area contributed by atoms with Crippen molar-refractivity contribution in [1.29, 1.82) is 0 Å². The van der Waals surface area contributed by atoms with Crippen LogP contribution in [0.4, 0.5) is 5.82 Å². The van der Waals surface area contributed by atoms with E-state index in [1.165, 1.54) is 56.9 Å². The summed E-state index contributed by atoms with van der Waals surface area (Å²) in [4.78, 5) is 30.2. The fourth-order valence-corrected chi connectivity index (χ4v) is 5.32. The molecule has 34 heavy (non-hydrogen) atoms. The standard InChI is InChI=1S/C26H34N6O2/c1-3-17-12-13-27-20(14-17)25-31-23-21(32(25)15-18-8-5-4-6-9-18)22(29-24(30-23)26(33)34)28-16(2)19-10-7-11-19/h12-14,16,18-19H,3-11,15H2,1-2H3,(H,33,34)(H,28,29,30). The zero-order valence-corrected chi connectivity index (χ0v) is 20.1. The molecule has 0 aromatic carbocycles. The quantitative estimate of drug-likeness (QED) is 0.466. The summed E-state index contributed by atoms with van der Waals surface area (Å²) >= 11 is 0. The first-order valence-corrected chi connectivity index (χ1v) is 12.8. The van der Waals surface area contributed by atoms with Gasteiger partial charge in [0, 0.05) is 18.8 Å². The lowest BCUT2D eigenvalue weighted by Crippen LogP contribution is -2.31. The molecule has 2 aliphatic rings. The van der Waals surface area contributed by atoms with Crippen LogP contribution in [0, 0.1) is 11.8 Å². The van der Waals surface area contributed by atoms with Gasteiger partial charge in [-0.3, -0.25) is 4.98 Å². The van der Waals surface area contributed by atoms with Gasteiger partial charge in [0.15, 0.2) is 17.3 Å². The maximum Gasteiger partial charge on any atom is 0.374 e. The Morgan fingerprint density at radius 3 is 2.62 bits per heavy atom. The first-order chi connectivity index (χ1) is 16.5. The lowest BCUT2D eigenvalue weighted by atomic mass is 9.80. The highest BCUT2D eigenvalue weighted by molar-refractivity contribution is 5.92. The molecule has 0 saturated heterocycles. The highest BCUT2D eigenvalue weighted by atomic mass is 16.4. The largest absolute Gasteiger partial charge is 0.475 e. The van der Waals surface area contributed by atoms with Gasteiger partial charge in [0.05, 0.1) is 0 Å². The van der Waals surface area contributed by atoms with Crippen LogP contribution >= 0.6 is 0 Å². The lowest BCUT2D eigenvalue weighted by Gasteiger charge is -2.32. The second-order valence-corrected chi connectivity index (χ2v) is 9.95. The number of carboxylic acids is 1. The number of carbonyl (C=O) groups is 1. The molecule has 2 saturated carbocycles. The van der Waals surface area contributed by atoms with E-state index in [0.717, 1.165) is 30.0 Å². The Morgan fingerprint density at radius 2 is 1.94 bits per heavy atom. The Labute approximate surface area is 200 Å². The topological polar surface area (TPSA) is 106 Å². The van der Waals surface area contributed by atoms with E-state index in [1.54, 1.807) is 0 Å². The van der Waals surface area contributed by atoms with Crippen molar-refractivity contribution in [2.75, 3.05) is 5.32 Å². The molecule has 0 aliphatic heterocycles. The summed E-state index contributed by atoms with van der Waals surface area (Å²) in [6, 6.07) is 4.30. The maximum atomic E-state index is 11.8. The number of fused-ring (bicyclic) bond motifs is 1. The third-order valence-corrected chi connectivity index (χ3v) is 7.64. The molecule has 8 nitrogen and oxygen atoms in total. The summed E-state index contributed by atoms with van der Waals surface area (Å²) in [5.41, 5.74) is 3.20. The van der Waals surface area contributed by atoms with Crippen molar-refractivity contribution in [2.24, 2.45) is 11.8 Å². The summed E-state index contributed by atoms with van der Waals surface area (Å²) in [6.07, 6.45) is 12.5. The van der Waals surface area contributed by atoms with Gasteiger partial charge in [-0.05, 0) is 68.6 Å². The van der Waals surface area contributed by atoms with Crippen LogP contribution in [0.3, 0.4) is 0 Å². The van der Waals surface area contributed by atoms with E-state index in [9.17, 15) is 9.90 Å². The number of hydrogen-bond acceptors (Lipinski definition) is 6. The third kappa shape index (κ3) is 4.50. The molecule has 3 aromatic heterocycles. The molecule has 3 aromatic rings. The number of nitrogens with zero attached hydrogens (tertiary/aromatic N) is 5. The van der Waals surface area contributed by atoms with Gasteiger partial charge in [0.2, 0.25) is 5.82 Å². The molecular formula is C26H34N6O2. The Hall–Kier alpha value is -3.03. The number of aromatic nitrogens is 5. The first-order valence-electron chi connectivity index (χ1n) is 12.8. The molecule has 3 heterocycles. The van der Waals surface area contributed by atoms with Gasteiger partial charge < -0.3 is 15.0 Å².